The first-order valence-corrected chi connectivity index (χ1v) is 10.6. The minimum atomic E-state index is -2.50. The van der Waals surface area contributed by atoms with E-state index in [1.807, 2.05) is 0 Å². The number of aromatic nitrogens is 1. The van der Waals surface area contributed by atoms with Crippen molar-refractivity contribution < 1.29 is 44.6 Å². The van der Waals surface area contributed by atoms with Crippen molar-refractivity contribution in [2.45, 2.75) is 49.6 Å². The number of ether oxygens (including phenoxy) is 2. The second-order valence-corrected chi connectivity index (χ2v) is 8.67. The molecule has 1 fully saturated rings. The van der Waals surface area contributed by atoms with Gasteiger partial charge in [0.05, 0.1) is 30.2 Å². The minimum Gasteiger partial charge on any atom is -0.476 e. The quantitative estimate of drug-likeness (QED) is 0.258. The Morgan fingerprint density at radius 2 is 2.12 bits per heavy atom. The van der Waals surface area contributed by atoms with Crippen molar-refractivity contribution in [3.8, 4) is 5.88 Å². The Labute approximate surface area is 195 Å². The summed E-state index contributed by atoms with van der Waals surface area (Å²) in [4.78, 5) is 26.6. The Bertz CT molecular complexity index is 1020. The van der Waals surface area contributed by atoms with Crippen molar-refractivity contribution >= 4 is 50.3 Å². The Morgan fingerprint density at radius 3 is 2.72 bits per heavy atom. The Morgan fingerprint density at radius 1 is 1.44 bits per heavy atom. The molecule has 13 heteroatoms. The molecule has 0 aliphatic carbocycles. The molecule has 11 nitrogen and oxygen atoms in total. The maximum absolute atomic E-state index is 12.2. The first-order chi connectivity index (χ1) is 15.0. The third-order valence-corrected chi connectivity index (χ3v) is 6.42. The number of carboxylic acids is 1. The summed E-state index contributed by atoms with van der Waals surface area (Å²) in [6.07, 6.45) is -7.41. The van der Waals surface area contributed by atoms with Crippen molar-refractivity contribution in [2.24, 2.45) is 0 Å². The molecule has 7 N–H and O–H groups in total. The lowest BCUT2D eigenvalue weighted by molar-refractivity contribution is -0.285. The molecule has 0 spiro atoms. The number of carboxylic acid groups (broad SMARTS) is 1. The summed E-state index contributed by atoms with van der Waals surface area (Å²) in [6.45, 7) is 0.279. The maximum Gasteiger partial charge on any atom is 0.377 e. The molecule has 2 aromatic rings. The molecule has 0 radical (unpaired) electrons. The predicted molar refractivity (Wildman–Crippen MR) is 114 cm³/mol. The number of aliphatic hydroxyl groups excluding tert-OH is 4. The van der Waals surface area contributed by atoms with Gasteiger partial charge in [-0.25, -0.2) is 4.79 Å². The number of amides is 1. The molecular weight excluding hydrogens is 516 g/mol. The number of aliphatic hydroxyl groups is 4. The van der Waals surface area contributed by atoms with Crippen LogP contribution < -0.4 is 10.1 Å². The van der Waals surface area contributed by atoms with E-state index < -0.39 is 61.1 Å². The van der Waals surface area contributed by atoms with Gasteiger partial charge in [-0.2, -0.15) is 0 Å². The van der Waals surface area contributed by atoms with Gasteiger partial charge in [0.2, 0.25) is 5.91 Å². The average Bonchev–Trinajstić information content (AvgIpc) is 3.14. The highest BCUT2D eigenvalue weighted by Gasteiger charge is 2.56. The Balaban J connectivity index is 2.00. The normalized spacial score (nSPS) is 27.7. The lowest BCUT2D eigenvalue weighted by Crippen LogP contribution is -2.68. The number of rotatable bonds is 7. The molecule has 1 aromatic heterocycles. The zero-order chi connectivity index (χ0) is 23.8. The molecule has 1 aliphatic heterocycles. The van der Waals surface area contributed by atoms with Crippen molar-refractivity contribution in [1.29, 1.82) is 0 Å². The van der Waals surface area contributed by atoms with Crippen molar-refractivity contribution in [3.63, 3.8) is 0 Å². The summed E-state index contributed by atoms with van der Waals surface area (Å²) < 4.78 is 11.8. The van der Waals surface area contributed by atoms with Gasteiger partial charge in [0.25, 0.3) is 0 Å². The van der Waals surface area contributed by atoms with E-state index in [4.69, 9.17) is 21.1 Å². The summed E-state index contributed by atoms with van der Waals surface area (Å²) in [5, 5.41) is 53.3. The van der Waals surface area contributed by atoms with Crippen LogP contribution in [0.25, 0.3) is 10.9 Å². The molecule has 0 unspecified atom stereocenters. The largest absolute Gasteiger partial charge is 0.476 e. The highest BCUT2D eigenvalue weighted by molar-refractivity contribution is 9.10. The van der Waals surface area contributed by atoms with Gasteiger partial charge in [0, 0.05) is 28.4 Å². The standard InChI is InChI=1S/C19H22BrClN2O9/c1-7(25)22-15-11(26)5-19(18(29)30,32-17(15)16(28)12(27)6-24)31-13-4-8-10(23-13)3-2-9(20)14(8)21/h2-4,11-12,15-17,23-24,26-28H,5-6H2,1H3,(H,22,25)(H,29,30)/t11-,12+,15+,16+,17+,19-/m0/s1. The number of carbonyl (C=O) groups is 2. The van der Waals surface area contributed by atoms with Crippen molar-refractivity contribution in [2.75, 3.05) is 6.61 Å². The number of carbonyl (C=O) groups excluding carboxylic acids is 1. The van der Waals surface area contributed by atoms with Gasteiger partial charge in [0.1, 0.15) is 18.3 Å². The first-order valence-electron chi connectivity index (χ1n) is 9.48. The molecule has 3 rings (SSSR count). The second kappa shape index (κ2) is 9.51. The maximum atomic E-state index is 12.2. The SMILES string of the molecule is CC(=O)N[C@H]1[C@H]([C@H](O)[C@H](O)CO)O[C@](Oc2cc3c(Cl)c(Br)ccc3[nH]2)(C(=O)O)C[C@@H]1O. The predicted octanol–water partition coefficient (Wildman–Crippen LogP) is 0.112. The summed E-state index contributed by atoms with van der Waals surface area (Å²) in [5.74, 6) is -4.77. The van der Waals surface area contributed by atoms with E-state index in [9.17, 15) is 35.1 Å². The zero-order valence-electron chi connectivity index (χ0n) is 16.7. The van der Waals surface area contributed by atoms with E-state index in [1.165, 1.54) is 6.07 Å². The van der Waals surface area contributed by atoms with Crippen LogP contribution in [0.1, 0.15) is 13.3 Å². The van der Waals surface area contributed by atoms with Gasteiger partial charge in [0.15, 0.2) is 5.88 Å². The minimum absolute atomic E-state index is 0.0523. The Kier molecular flexibility index (Phi) is 7.34. The van der Waals surface area contributed by atoms with Crippen LogP contribution in [0.2, 0.25) is 5.02 Å². The van der Waals surface area contributed by atoms with Crippen LogP contribution >= 0.6 is 27.5 Å². The van der Waals surface area contributed by atoms with Crippen LogP contribution in [-0.4, -0.2) is 85.2 Å². The number of aliphatic carboxylic acids is 1. The molecule has 2 heterocycles. The van der Waals surface area contributed by atoms with Crippen molar-refractivity contribution in [1.82, 2.24) is 10.3 Å². The number of hydrogen-bond acceptors (Lipinski definition) is 8. The van der Waals surface area contributed by atoms with E-state index in [2.05, 4.69) is 26.2 Å². The molecular formula is C19H22BrClN2O9. The van der Waals surface area contributed by atoms with Gasteiger partial charge >= 0.3 is 11.8 Å². The van der Waals surface area contributed by atoms with E-state index in [-0.39, 0.29) is 5.88 Å². The smallest absolute Gasteiger partial charge is 0.377 e. The molecule has 0 bridgehead atoms. The summed E-state index contributed by atoms with van der Waals surface area (Å²) in [6, 6.07) is 3.52. The third-order valence-electron chi connectivity index (χ3n) is 5.13. The van der Waals surface area contributed by atoms with Gasteiger partial charge in [-0.1, -0.05) is 11.6 Å². The second-order valence-electron chi connectivity index (χ2n) is 7.44. The van der Waals surface area contributed by atoms with Crippen LogP contribution in [0.15, 0.2) is 22.7 Å². The van der Waals surface area contributed by atoms with Crippen LogP contribution in [0.5, 0.6) is 5.88 Å². The van der Waals surface area contributed by atoms with E-state index >= 15 is 0 Å². The molecule has 0 saturated carbocycles. The monoisotopic (exact) mass is 536 g/mol. The average molecular weight is 538 g/mol. The number of halogens is 2. The van der Waals surface area contributed by atoms with Crippen LogP contribution in [0, 0.1) is 0 Å². The highest BCUT2D eigenvalue weighted by Crippen LogP contribution is 2.38. The third kappa shape index (κ3) is 4.71. The number of nitrogens with one attached hydrogen (secondary N) is 2. The zero-order valence-corrected chi connectivity index (χ0v) is 19.0. The Hall–Kier alpha value is -1.93. The fraction of sp³-hybridized carbons (Fsp3) is 0.474. The lowest BCUT2D eigenvalue weighted by Gasteiger charge is -2.46. The van der Waals surface area contributed by atoms with E-state index in [0.29, 0.717) is 20.4 Å². The summed E-state index contributed by atoms with van der Waals surface area (Å²) in [7, 11) is 0. The topological polar surface area (TPSA) is 182 Å². The highest BCUT2D eigenvalue weighted by atomic mass is 79.9. The molecule has 176 valence electrons. The number of fused-ring (bicyclic) bond motifs is 1. The van der Waals surface area contributed by atoms with Crippen molar-refractivity contribution in [3.05, 3.63) is 27.7 Å². The van der Waals surface area contributed by atoms with Crippen LogP contribution in [-0.2, 0) is 14.3 Å². The number of aromatic amines is 1. The molecule has 1 saturated heterocycles. The molecule has 1 aliphatic rings. The summed E-state index contributed by atoms with van der Waals surface area (Å²) in [5.41, 5.74) is 0.536. The number of benzene rings is 1. The molecule has 32 heavy (non-hydrogen) atoms. The van der Waals surface area contributed by atoms with Gasteiger partial charge < -0.3 is 45.3 Å². The molecule has 1 amide bonds. The van der Waals surface area contributed by atoms with Gasteiger partial charge in [-0.05, 0) is 28.1 Å². The number of H-pyrrole nitrogens is 1. The van der Waals surface area contributed by atoms with Gasteiger partial charge in [-0.3, -0.25) is 4.79 Å². The molecule has 6 atom stereocenters. The van der Waals surface area contributed by atoms with E-state index in [1.54, 1.807) is 12.1 Å². The van der Waals surface area contributed by atoms with Gasteiger partial charge in [-0.15, -0.1) is 0 Å². The summed E-state index contributed by atoms with van der Waals surface area (Å²) >= 11 is 9.54. The molecule has 1 aromatic carbocycles. The van der Waals surface area contributed by atoms with Crippen LogP contribution in [0.4, 0.5) is 0 Å². The van der Waals surface area contributed by atoms with E-state index in [0.717, 1.165) is 6.92 Å². The first kappa shape index (κ1) is 24.7. The fourth-order valence-corrected chi connectivity index (χ4v) is 4.15. The number of hydrogen-bond donors (Lipinski definition) is 7. The fourth-order valence-electron chi connectivity index (χ4n) is 3.58. The lowest BCUT2D eigenvalue weighted by atomic mass is 9.88. The van der Waals surface area contributed by atoms with Crippen LogP contribution in [0.3, 0.4) is 0 Å².